The molecule has 29 heavy (non-hydrogen) atoms. The number of furan rings is 1. The molecule has 2 aromatic heterocycles. The number of rotatable bonds is 5. The van der Waals surface area contributed by atoms with Gasteiger partial charge in [-0.25, -0.2) is 14.4 Å². The highest BCUT2D eigenvalue weighted by atomic mass is 19.1. The van der Waals surface area contributed by atoms with Crippen LogP contribution in [0.1, 0.15) is 29.5 Å². The molecule has 1 aliphatic heterocycles. The monoisotopic (exact) mass is 398 g/mol. The summed E-state index contributed by atoms with van der Waals surface area (Å²) in [5.41, 5.74) is 1.47. The molecule has 0 atom stereocenters. The molecular formula is C21H23FN4O3. The summed E-state index contributed by atoms with van der Waals surface area (Å²) in [7, 11) is 0. The summed E-state index contributed by atoms with van der Waals surface area (Å²) in [5, 5.41) is 0.611. The van der Waals surface area contributed by atoms with Gasteiger partial charge in [0.25, 0.3) is 5.91 Å². The molecule has 1 aromatic carbocycles. The maximum Gasteiger partial charge on any atom is 0.262 e. The van der Waals surface area contributed by atoms with E-state index >= 15 is 0 Å². The van der Waals surface area contributed by atoms with Crippen LogP contribution >= 0.6 is 0 Å². The van der Waals surface area contributed by atoms with Crippen molar-refractivity contribution in [2.75, 3.05) is 42.6 Å². The van der Waals surface area contributed by atoms with Crippen molar-refractivity contribution < 1.29 is 18.3 Å². The van der Waals surface area contributed by atoms with E-state index in [4.69, 9.17) is 9.15 Å². The molecule has 0 radical (unpaired) electrons. The lowest BCUT2D eigenvalue weighted by Gasteiger charge is -2.28. The summed E-state index contributed by atoms with van der Waals surface area (Å²) in [6.07, 6.45) is 2.21. The summed E-state index contributed by atoms with van der Waals surface area (Å²) >= 11 is 0. The van der Waals surface area contributed by atoms with Crippen molar-refractivity contribution in [2.45, 2.75) is 20.3 Å². The number of carbonyl (C=O) groups excluding carboxylic acids is 1. The van der Waals surface area contributed by atoms with Crippen molar-refractivity contribution in [1.29, 1.82) is 0 Å². The van der Waals surface area contributed by atoms with E-state index in [1.165, 1.54) is 18.5 Å². The van der Waals surface area contributed by atoms with E-state index in [2.05, 4.69) is 14.9 Å². The molecule has 0 unspecified atom stereocenters. The number of halogens is 1. The number of benzene rings is 1. The smallest absolute Gasteiger partial charge is 0.262 e. The highest BCUT2D eigenvalue weighted by Crippen LogP contribution is 2.33. The summed E-state index contributed by atoms with van der Waals surface area (Å²) in [5.74, 6) is 0.613. The Morgan fingerprint density at radius 2 is 1.93 bits per heavy atom. The van der Waals surface area contributed by atoms with Crippen molar-refractivity contribution in [2.24, 2.45) is 0 Å². The lowest BCUT2D eigenvalue weighted by molar-refractivity contribution is 0.0986. The second-order valence-corrected chi connectivity index (χ2v) is 6.94. The first-order valence-corrected chi connectivity index (χ1v) is 9.74. The Bertz CT molecular complexity index is 1010. The van der Waals surface area contributed by atoms with Gasteiger partial charge in [-0.1, -0.05) is 6.92 Å². The Hall–Kier alpha value is -3.00. The van der Waals surface area contributed by atoms with Gasteiger partial charge in [-0.2, -0.15) is 0 Å². The minimum absolute atomic E-state index is 0.209. The zero-order valence-corrected chi connectivity index (χ0v) is 16.5. The second-order valence-electron chi connectivity index (χ2n) is 6.94. The number of carbonyl (C=O) groups is 1. The predicted molar refractivity (Wildman–Crippen MR) is 108 cm³/mol. The third kappa shape index (κ3) is 3.67. The van der Waals surface area contributed by atoms with Crippen LogP contribution in [-0.4, -0.2) is 48.7 Å². The summed E-state index contributed by atoms with van der Waals surface area (Å²) < 4.78 is 24.6. The van der Waals surface area contributed by atoms with Crippen LogP contribution in [0.15, 0.2) is 35.0 Å². The number of aromatic nitrogens is 2. The summed E-state index contributed by atoms with van der Waals surface area (Å²) in [6, 6.07) is 5.93. The highest BCUT2D eigenvalue weighted by Gasteiger charge is 2.29. The van der Waals surface area contributed by atoms with Gasteiger partial charge in [-0.05, 0) is 37.6 Å². The van der Waals surface area contributed by atoms with Gasteiger partial charge >= 0.3 is 0 Å². The number of anilines is 2. The van der Waals surface area contributed by atoms with Gasteiger partial charge < -0.3 is 19.0 Å². The van der Waals surface area contributed by atoms with E-state index in [1.54, 1.807) is 24.0 Å². The van der Waals surface area contributed by atoms with Gasteiger partial charge in [-0.3, -0.25) is 4.79 Å². The lowest BCUT2D eigenvalue weighted by Crippen LogP contribution is -2.37. The van der Waals surface area contributed by atoms with Crippen LogP contribution in [0.25, 0.3) is 11.1 Å². The third-order valence-electron chi connectivity index (χ3n) is 5.00. The topological polar surface area (TPSA) is 71.7 Å². The Kier molecular flexibility index (Phi) is 5.44. The van der Waals surface area contributed by atoms with Crippen LogP contribution < -0.4 is 9.80 Å². The molecule has 0 bridgehead atoms. The van der Waals surface area contributed by atoms with E-state index in [9.17, 15) is 9.18 Å². The molecule has 8 heteroatoms. The van der Waals surface area contributed by atoms with Crippen molar-refractivity contribution in [3.8, 4) is 0 Å². The number of nitrogens with zero attached hydrogens (tertiary/aromatic N) is 4. The van der Waals surface area contributed by atoms with Crippen LogP contribution in [0.4, 0.5) is 15.9 Å². The first kappa shape index (κ1) is 19.3. The molecule has 0 N–H and O–H groups in total. The van der Waals surface area contributed by atoms with Crippen LogP contribution in [0.2, 0.25) is 0 Å². The van der Waals surface area contributed by atoms with Crippen LogP contribution in [-0.2, 0) is 4.74 Å². The second kappa shape index (κ2) is 8.16. The van der Waals surface area contributed by atoms with Gasteiger partial charge in [0.2, 0.25) is 5.71 Å². The molecule has 0 aliphatic carbocycles. The van der Waals surface area contributed by atoms with Gasteiger partial charge in [-0.15, -0.1) is 0 Å². The van der Waals surface area contributed by atoms with Crippen molar-refractivity contribution >= 4 is 28.5 Å². The standard InChI is InChI=1S/C21H23FN4O3/c1-3-8-26(16-6-4-15(22)5-7-16)21(27)17-14(2)29-20-18(17)19(23-13-24-20)25-9-11-28-12-10-25/h4-7,13H,3,8-12H2,1-2H3. The minimum atomic E-state index is -0.342. The van der Waals surface area contributed by atoms with Gasteiger partial charge in [0.15, 0.2) is 0 Å². The molecule has 3 heterocycles. The summed E-state index contributed by atoms with van der Waals surface area (Å²) in [6.45, 7) is 6.81. The first-order valence-electron chi connectivity index (χ1n) is 9.74. The van der Waals surface area contributed by atoms with Gasteiger partial charge in [0.05, 0.1) is 24.2 Å². The number of fused-ring (bicyclic) bond motifs is 1. The number of hydrogen-bond acceptors (Lipinski definition) is 6. The Labute approximate surface area is 168 Å². The Balaban J connectivity index is 1.81. The number of morpholine rings is 1. The van der Waals surface area contributed by atoms with E-state index in [1.807, 2.05) is 6.92 Å². The number of amides is 1. The normalized spacial score (nSPS) is 14.4. The number of aryl methyl sites for hydroxylation is 1. The van der Waals surface area contributed by atoms with E-state index in [-0.39, 0.29) is 11.7 Å². The zero-order chi connectivity index (χ0) is 20.4. The first-order chi connectivity index (χ1) is 14.1. The molecule has 152 valence electrons. The maximum absolute atomic E-state index is 13.6. The molecular weight excluding hydrogens is 375 g/mol. The molecule has 0 spiro atoms. The van der Waals surface area contributed by atoms with Gasteiger partial charge in [0, 0.05) is 25.3 Å². The molecule has 1 aliphatic rings. The van der Waals surface area contributed by atoms with Crippen molar-refractivity contribution in [3.05, 3.63) is 47.7 Å². The fourth-order valence-electron chi connectivity index (χ4n) is 3.63. The molecule has 1 saturated heterocycles. The Morgan fingerprint density at radius 3 is 2.62 bits per heavy atom. The Morgan fingerprint density at radius 1 is 1.21 bits per heavy atom. The van der Waals surface area contributed by atoms with E-state index in [0.29, 0.717) is 66.8 Å². The largest absolute Gasteiger partial charge is 0.442 e. The maximum atomic E-state index is 13.6. The quantitative estimate of drug-likeness (QED) is 0.654. The van der Waals surface area contributed by atoms with Crippen molar-refractivity contribution in [3.63, 3.8) is 0 Å². The van der Waals surface area contributed by atoms with Crippen LogP contribution in [0, 0.1) is 12.7 Å². The van der Waals surface area contributed by atoms with E-state index in [0.717, 1.165) is 6.42 Å². The molecule has 0 saturated carbocycles. The zero-order valence-electron chi connectivity index (χ0n) is 16.5. The van der Waals surface area contributed by atoms with Crippen LogP contribution in [0.5, 0.6) is 0 Å². The fraction of sp³-hybridized carbons (Fsp3) is 0.381. The number of hydrogen-bond donors (Lipinski definition) is 0. The van der Waals surface area contributed by atoms with Gasteiger partial charge in [0.1, 0.15) is 23.7 Å². The molecule has 1 amide bonds. The third-order valence-corrected chi connectivity index (χ3v) is 5.00. The average molecular weight is 398 g/mol. The average Bonchev–Trinajstić information content (AvgIpc) is 3.09. The highest BCUT2D eigenvalue weighted by molar-refractivity contribution is 6.16. The van der Waals surface area contributed by atoms with Crippen LogP contribution in [0.3, 0.4) is 0 Å². The molecule has 4 rings (SSSR count). The lowest BCUT2D eigenvalue weighted by atomic mass is 10.1. The fourth-order valence-corrected chi connectivity index (χ4v) is 3.63. The predicted octanol–water partition coefficient (Wildman–Crippen LogP) is 3.56. The van der Waals surface area contributed by atoms with Crippen molar-refractivity contribution in [1.82, 2.24) is 9.97 Å². The minimum Gasteiger partial charge on any atom is -0.442 e. The summed E-state index contributed by atoms with van der Waals surface area (Å²) in [4.78, 5) is 26.0. The molecule has 1 fully saturated rings. The molecule has 7 nitrogen and oxygen atoms in total. The molecule has 3 aromatic rings. The number of ether oxygens (including phenoxy) is 1. The SMILES string of the molecule is CCCN(C(=O)c1c(C)oc2ncnc(N3CCOCC3)c12)c1ccc(F)cc1. The van der Waals surface area contributed by atoms with E-state index < -0.39 is 0 Å².